The van der Waals surface area contributed by atoms with Crippen molar-refractivity contribution in [3.05, 3.63) is 23.7 Å². The molecule has 1 heterocycles. The highest BCUT2D eigenvalue weighted by Crippen LogP contribution is 2.51. The first kappa shape index (κ1) is 10.7. The molecule has 0 aromatic carbocycles. The summed E-state index contributed by atoms with van der Waals surface area (Å²) < 4.78 is 5.59. The average molecular weight is 207 g/mol. The van der Waals surface area contributed by atoms with Crippen LogP contribution in [0.4, 0.5) is 0 Å². The molecule has 2 nitrogen and oxygen atoms in total. The van der Waals surface area contributed by atoms with Gasteiger partial charge in [-0.3, -0.25) is 0 Å². The van der Waals surface area contributed by atoms with Crippen molar-refractivity contribution in [2.45, 2.75) is 40.2 Å². The topological polar surface area (TPSA) is 25.2 Å². The van der Waals surface area contributed by atoms with Crippen molar-refractivity contribution in [3.8, 4) is 0 Å². The zero-order valence-electron chi connectivity index (χ0n) is 10.1. The Bertz CT molecular complexity index is 340. The highest BCUT2D eigenvalue weighted by Gasteiger charge is 2.44. The number of rotatable bonds is 4. The van der Waals surface area contributed by atoms with E-state index in [0.29, 0.717) is 11.5 Å². The van der Waals surface area contributed by atoms with Crippen LogP contribution in [0.1, 0.15) is 44.8 Å². The first-order valence-corrected chi connectivity index (χ1v) is 5.79. The van der Waals surface area contributed by atoms with Crippen molar-refractivity contribution in [1.82, 2.24) is 5.32 Å². The number of furan rings is 1. The normalized spacial score (nSPS) is 25.2. The Kier molecular flexibility index (Phi) is 2.63. The molecular weight excluding hydrogens is 186 g/mol. The van der Waals surface area contributed by atoms with Crippen LogP contribution in [0.15, 0.2) is 16.5 Å². The van der Waals surface area contributed by atoms with E-state index in [9.17, 15) is 0 Å². The number of hydrogen-bond acceptors (Lipinski definition) is 2. The van der Waals surface area contributed by atoms with E-state index in [1.165, 1.54) is 6.42 Å². The minimum absolute atomic E-state index is 0.329. The highest BCUT2D eigenvalue weighted by atomic mass is 16.3. The van der Waals surface area contributed by atoms with Crippen LogP contribution in [0.2, 0.25) is 0 Å². The first-order chi connectivity index (χ1) is 6.99. The second kappa shape index (κ2) is 3.67. The second-order valence-electron chi connectivity index (χ2n) is 5.47. The molecule has 1 fully saturated rings. The van der Waals surface area contributed by atoms with Gasteiger partial charge in [-0.15, -0.1) is 0 Å². The Hall–Kier alpha value is -0.760. The lowest BCUT2D eigenvalue weighted by Gasteiger charge is -2.12. The van der Waals surface area contributed by atoms with Gasteiger partial charge in [0.05, 0.1) is 6.04 Å². The number of aryl methyl sites for hydroxylation is 1. The van der Waals surface area contributed by atoms with Crippen LogP contribution in [0.3, 0.4) is 0 Å². The van der Waals surface area contributed by atoms with E-state index in [1.54, 1.807) is 0 Å². The Labute approximate surface area is 92.1 Å². The van der Waals surface area contributed by atoms with Crippen LogP contribution in [-0.2, 0) is 0 Å². The Morgan fingerprint density at radius 1 is 1.53 bits per heavy atom. The molecule has 1 saturated carbocycles. The maximum absolute atomic E-state index is 5.59. The second-order valence-corrected chi connectivity index (χ2v) is 5.47. The molecule has 1 aromatic rings. The monoisotopic (exact) mass is 207 g/mol. The van der Waals surface area contributed by atoms with E-state index in [2.05, 4.69) is 32.2 Å². The van der Waals surface area contributed by atoms with Crippen molar-refractivity contribution < 1.29 is 4.42 Å². The summed E-state index contributed by atoms with van der Waals surface area (Å²) in [5, 5.41) is 3.54. The molecule has 0 aliphatic heterocycles. The van der Waals surface area contributed by atoms with Crippen LogP contribution in [0.25, 0.3) is 0 Å². The Balaban J connectivity index is 1.81. The van der Waals surface area contributed by atoms with Gasteiger partial charge in [-0.2, -0.15) is 0 Å². The lowest BCUT2D eigenvalue weighted by Crippen LogP contribution is -2.22. The fourth-order valence-corrected chi connectivity index (χ4v) is 2.03. The number of hydrogen-bond donors (Lipinski definition) is 1. The highest BCUT2D eigenvalue weighted by molar-refractivity contribution is 5.09. The summed E-state index contributed by atoms with van der Waals surface area (Å²) in [4.78, 5) is 0. The van der Waals surface area contributed by atoms with Crippen molar-refractivity contribution in [1.29, 1.82) is 0 Å². The van der Waals surface area contributed by atoms with Crippen LogP contribution >= 0.6 is 0 Å². The quantitative estimate of drug-likeness (QED) is 0.819. The van der Waals surface area contributed by atoms with Crippen LogP contribution in [0.5, 0.6) is 0 Å². The molecule has 0 bridgehead atoms. The van der Waals surface area contributed by atoms with Gasteiger partial charge in [-0.1, -0.05) is 13.8 Å². The molecule has 1 aromatic heterocycles. The van der Waals surface area contributed by atoms with Crippen LogP contribution in [0, 0.1) is 18.3 Å². The van der Waals surface area contributed by atoms with E-state index in [-0.39, 0.29) is 0 Å². The van der Waals surface area contributed by atoms with Gasteiger partial charge in [0.15, 0.2) is 0 Å². The molecule has 2 atom stereocenters. The van der Waals surface area contributed by atoms with Crippen molar-refractivity contribution >= 4 is 0 Å². The fraction of sp³-hybridized carbons (Fsp3) is 0.692. The molecule has 0 spiro atoms. The standard InChI is InChI=1S/C13H21NO/c1-9-5-6-12(15-9)10(2)14-8-11-7-13(11,3)4/h5-6,10-11,14H,7-8H2,1-4H3. The van der Waals surface area contributed by atoms with Crippen LogP contribution < -0.4 is 5.32 Å². The van der Waals surface area contributed by atoms with Crippen molar-refractivity contribution in [2.24, 2.45) is 11.3 Å². The lowest BCUT2D eigenvalue weighted by molar-refractivity contribution is 0.402. The molecule has 0 saturated heterocycles. The van der Waals surface area contributed by atoms with Crippen LogP contribution in [-0.4, -0.2) is 6.54 Å². The van der Waals surface area contributed by atoms with E-state index < -0.39 is 0 Å². The average Bonchev–Trinajstić information content (AvgIpc) is 2.59. The SMILES string of the molecule is Cc1ccc(C(C)NCC2CC2(C)C)o1. The molecule has 0 radical (unpaired) electrons. The minimum atomic E-state index is 0.329. The lowest BCUT2D eigenvalue weighted by atomic mass is 10.1. The third-order valence-corrected chi connectivity index (χ3v) is 3.58. The maximum atomic E-state index is 5.59. The fourth-order valence-electron chi connectivity index (χ4n) is 2.03. The van der Waals surface area contributed by atoms with Crippen molar-refractivity contribution in [2.75, 3.05) is 6.54 Å². The van der Waals surface area contributed by atoms with Gasteiger partial charge in [0.2, 0.25) is 0 Å². The zero-order chi connectivity index (χ0) is 11.1. The molecule has 2 unspecified atom stereocenters. The molecule has 2 heteroatoms. The molecule has 0 amide bonds. The summed E-state index contributed by atoms with van der Waals surface area (Å²) in [6.45, 7) is 9.92. The van der Waals surface area contributed by atoms with Gasteiger partial charge < -0.3 is 9.73 Å². The van der Waals surface area contributed by atoms with Gasteiger partial charge in [0.1, 0.15) is 11.5 Å². The molecule has 1 aliphatic carbocycles. The molecule has 1 aliphatic rings. The maximum Gasteiger partial charge on any atom is 0.120 e. The van der Waals surface area contributed by atoms with Crippen molar-refractivity contribution in [3.63, 3.8) is 0 Å². The molecule has 15 heavy (non-hydrogen) atoms. The molecule has 1 N–H and O–H groups in total. The third kappa shape index (κ3) is 2.43. The summed E-state index contributed by atoms with van der Waals surface area (Å²) in [5.74, 6) is 2.88. The molecular formula is C13H21NO. The zero-order valence-corrected chi connectivity index (χ0v) is 10.1. The van der Waals surface area contributed by atoms with Gasteiger partial charge in [-0.25, -0.2) is 0 Å². The smallest absolute Gasteiger partial charge is 0.120 e. The predicted octanol–water partition coefficient (Wildman–Crippen LogP) is 3.28. The Morgan fingerprint density at radius 3 is 2.67 bits per heavy atom. The minimum Gasteiger partial charge on any atom is -0.465 e. The van der Waals surface area contributed by atoms with E-state index in [4.69, 9.17) is 4.42 Å². The summed E-state index contributed by atoms with van der Waals surface area (Å²) in [7, 11) is 0. The van der Waals surface area contributed by atoms with E-state index in [1.807, 2.05) is 13.0 Å². The van der Waals surface area contributed by atoms with E-state index >= 15 is 0 Å². The van der Waals surface area contributed by atoms with Gasteiger partial charge in [0.25, 0.3) is 0 Å². The van der Waals surface area contributed by atoms with E-state index in [0.717, 1.165) is 24.0 Å². The van der Waals surface area contributed by atoms with Gasteiger partial charge in [0, 0.05) is 0 Å². The summed E-state index contributed by atoms with van der Waals surface area (Å²) >= 11 is 0. The third-order valence-electron chi connectivity index (χ3n) is 3.58. The number of nitrogens with one attached hydrogen (secondary N) is 1. The first-order valence-electron chi connectivity index (χ1n) is 5.79. The molecule has 84 valence electrons. The van der Waals surface area contributed by atoms with Gasteiger partial charge in [-0.05, 0) is 50.3 Å². The largest absolute Gasteiger partial charge is 0.465 e. The molecule has 2 rings (SSSR count). The summed E-state index contributed by atoms with van der Waals surface area (Å²) in [6.07, 6.45) is 1.35. The summed E-state index contributed by atoms with van der Waals surface area (Å²) in [6, 6.07) is 4.41. The van der Waals surface area contributed by atoms with Gasteiger partial charge >= 0.3 is 0 Å². The Morgan fingerprint density at radius 2 is 2.20 bits per heavy atom. The predicted molar refractivity (Wildman–Crippen MR) is 61.8 cm³/mol. The summed E-state index contributed by atoms with van der Waals surface area (Å²) in [5.41, 5.74) is 0.561.